The summed E-state index contributed by atoms with van der Waals surface area (Å²) in [5.74, 6) is -1.50. The molecule has 8 nitrogen and oxygen atoms in total. The molecule has 2 aromatic carbocycles. The monoisotopic (exact) mass is 416 g/mol. The van der Waals surface area contributed by atoms with E-state index in [9.17, 15) is 24.2 Å². The van der Waals surface area contributed by atoms with Crippen LogP contribution in [0.1, 0.15) is 27.8 Å². The Bertz CT molecular complexity index is 1080. The van der Waals surface area contributed by atoms with Crippen molar-refractivity contribution in [1.29, 1.82) is 0 Å². The van der Waals surface area contributed by atoms with Gasteiger partial charge < -0.3 is 30.4 Å². The van der Waals surface area contributed by atoms with Gasteiger partial charge in [0.05, 0.1) is 18.8 Å². The number of ether oxygens (including phenoxy) is 1. The molecule has 3 rings (SSSR count). The van der Waals surface area contributed by atoms with E-state index in [4.69, 9.17) is 14.9 Å². The maximum Gasteiger partial charge on any atom is 0.256 e. The van der Waals surface area contributed by atoms with Gasteiger partial charge >= 0.3 is 0 Å². The van der Waals surface area contributed by atoms with E-state index in [1.807, 2.05) is 0 Å². The number of nitrogens with two attached hydrogens (primary N) is 1. The Hall–Kier alpha value is -3.43. The second-order valence-corrected chi connectivity index (χ2v) is 6.61. The zero-order valence-electron chi connectivity index (χ0n) is 16.1. The number of carbonyl (C=O) groups excluding carboxylic acids is 2. The molecule has 0 saturated carbocycles. The van der Waals surface area contributed by atoms with Crippen molar-refractivity contribution in [2.24, 2.45) is 5.73 Å². The number of carbonyl (C=O) groups is 2. The van der Waals surface area contributed by atoms with Gasteiger partial charge in [0, 0.05) is 10.9 Å². The molecule has 0 aliphatic heterocycles. The van der Waals surface area contributed by atoms with Gasteiger partial charge in [0.2, 0.25) is 5.91 Å². The molecule has 5 N–H and O–H groups in total. The van der Waals surface area contributed by atoms with Gasteiger partial charge in [0.15, 0.2) is 0 Å². The van der Waals surface area contributed by atoms with Crippen molar-refractivity contribution >= 4 is 22.8 Å². The van der Waals surface area contributed by atoms with Crippen molar-refractivity contribution in [2.75, 3.05) is 13.2 Å². The molecule has 1 unspecified atom stereocenters. The third-order valence-electron chi connectivity index (χ3n) is 4.59. The van der Waals surface area contributed by atoms with Crippen LogP contribution in [0, 0.1) is 12.7 Å². The van der Waals surface area contributed by atoms with Crippen LogP contribution < -0.4 is 15.8 Å². The molecule has 0 aliphatic carbocycles. The molecule has 1 aromatic heterocycles. The van der Waals surface area contributed by atoms with Crippen LogP contribution in [0.25, 0.3) is 11.0 Å². The van der Waals surface area contributed by atoms with Crippen LogP contribution in [0.15, 0.2) is 46.9 Å². The van der Waals surface area contributed by atoms with Gasteiger partial charge in [-0.2, -0.15) is 0 Å². The highest BCUT2D eigenvalue weighted by Crippen LogP contribution is 2.31. The smallest absolute Gasteiger partial charge is 0.256 e. The Morgan fingerprint density at radius 3 is 2.57 bits per heavy atom. The maximum atomic E-state index is 14.1. The highest BCUT2D eigenvalue weighted by atomic mass is 19.1. The fourth-order valence-electron chi connectivity index (χ4n) is 3.09. The van der Waals surface area contributed by atoms with Crippen LogP contribution in [-0.2, 0) is 4.79 Å². The molecule has 0 radical (unpaired) electrons. The number of hydrogen-bond donors (Lipinski definition) is 4. The molecule has 1 heterocycles. The first kappa shape index (κ1) is 21.3. The molecule has 0 fully saturated rings. The lowest BCUT2D eigenvalue weighted by molar-refractivity contribution is -0.120. The SMILES string of the molecule is Cc1oc2ccc(OC(CO)c3ccccc3F)cc2c1C(=O)N[C@@H](CO)C(N)=O. The first-order chi connectivity index (χ1) is 14.3. The number of aryl methyl sites for hydroxylation is 1. The number of rotatable bonds is 8. The number of aliphatic hydroxyl groups excluding tert-OH is 2. The number of hydrogen-bond acceptors (Lipinski definition) is 6. The average Bonchev–Trinajstić information content (AvgIpc) is 3.05. The van der Waals surface area contributed by atoms with E-state index in [2.05, 4.69) is 5.32 Å². The zero-order chi connectivity index (χ0) is 21.8. The van der Waals surface area contributed by atoms with Gasteiger partial charge in [-0.25, -0.2) is 4.39 Å². The molecule has 0 spiro atoms. The molecule has 0 aliphatic rings. The number of fused-ring (bicyclic) bond motifs is 1. The van der Waals surface area contributed by atoms with Crippen molar-refractivity contribution < 1.29 is 33.3 Å². The predicted molar refractivity (Wildman–Crippen MR) is 105 cm³/mol. The number of furan rings is 1. The van der Waals surface area contributed by atoms with Crippen molar-refractivity contribution in [3.63, 3.8) is 0 Å². The Morgan fingerprint density at radius 2 is 1.93 bits per heavy atom. The number of halogens is 1. The van der Waals surface area contributed by atoms with Gasteiger partial charge in [-0.15, -0.1) is 0 Å². The van der Waals surface area contributed by atoms with Crippen LogP contribution in [0.5, 0.6) is 5.75 Å². The Morgan fingerprint density at radius 1 is 1.20 bits per heavy atom. The summed E-state index contributed by atoms with van der Waals surface area (Å²) in [4.78, 5) is 24.0. The molecule has 2 atom stereocenters. The molecule has 158 valence electrons. The summed E-state index contributed by atoms with van der Waals surface area (Å²) in [5, 5.41) is 21.6. The summed E-state index contributed by atoms with van der Waals surface area (Å²) in [5.41, 5.74) is 5.86. The lowest BCUT2D eigenvalue weighted by atomic mass is 10.1. The van der Waals surface area contributed by atoms with E-state index in [0.29, 0.717) is 11.0 Å². The van der Waals surface area contributed by atoms with E-state index in [1.165, 1.54) is 24.3 Å². The number of amides is 2. The fraction of sp³-hybridized carbons (Fsp3) is 0.238. The molecule has 2 amide bonds. The second kappa shape index (κ2) is 8.93. The first-order valence-electron chi connectivity index (χ1n) is 9.11. The van der Waals surface area contributed by atoms with Gasteiger partial charge in [-0.1, -0.05) is 18.2 Å². The summed E-state index contributed by atoms with van der Waals surface area (Å²) >= 11 is 0. The number of benzene rings is 2. The van der Waals surface area contributed by atoms with Gasteiger partial charge in [0.1, 0.15) is 35.1 Å². The van der Waals surface area contributed by atoms with Crippen LogP contribution in [0.3, 0.4) is 0 Å². The van der Waals surface area contributed by atoms with Crippen molar-refractivity contribution in [3.05, 3.63) is 65.2 Å². The van der Waals surface area contributed by atoms with E-state index < -0.39 is 43.0 Å². The molecule has 9 heteroatoms. The van der Waals surface area contributed by atoms with Crippen molar-refractivity contribution in [1.82, 2.24) is 5.32 Å². The van der Waals surface area contributed by atoms with E-state index >= 15 is 0 Å². The molecular weight excluding hydrogens is 395 g/mol. The van der Waals surface area contributed by atoms with Crippen LogP contribution in [-0.4, -0.2) is 41.3 Å². The van der Waals surface area contributed by atoms with Crippen LogP contribution >= 0.6 is 0 Å². The van der Waals surface area contributed by atoms with Crippen LogP contribution in [0.4, 0.5) is 4.39 Å². The minimum atomic E-state index is -1.25. The fourth-order valence-corrected chi connectivity index (χ4v) is 3.09. The largest absolute Gasteiger partial charge is 0.483 e. The molecule has 30 heavy (non-hydrogen) atoms. The minimum absolute atomic E-state index is 0.140. The zero-order valence-corrected chi connectivity index (χ0v) is 16.1. The van der Waals surface area contributed by atoms with Gasteiger partial charge in [0.25, 0.3) is 5.91 Å². The molecular formula is C21H21FN2O6. The van der Waals surface area contributed by atoms with Gasteiger partial charge in [-0.3, -0.25) is 9.59 Å². The number of aliphatic hydroxyl groups is 2. The third kappa shape index (κ3) is 4.27. The predicted octanol–water partition coefficient (Wildman–Crippen LogP) is 1.57. The molecule has 3 aromatic rings. The lowest BCUT2D eigenvalue weighted by Crippen LogP contribution is -2.46. The highest BCUT2D eigenvalue weighted by molar-refractivity contribution is 6.08. The first-order valence-corrected chi connectivity index (χ1v) is 9.11. The van der Waals surface area contributed by atoms with E-state index in [0.717, 1.165) is 0 Å². The quantitative estimate of drug-likeness (QED) is 0.440. The maximum absolute atomic E-state index is 14.1. The van der Waals surface area contributed by atoms with E-state index in [-0.39, 0.29) is 22.6 Å². The standard InChI is InChI=1S/C21H21FN2O6/c1-11-19(21(28)24-16(9-25)20(23)27)14-8-12(6-7-17(14)29-11)30-18(10-26)13-4-2-3-5-15(13)22/h2-8,16,18,25-26H,9-10H2,1H3,(H2,23,27)(H,24,28)/t16-,18?/m0/s1. The summed E-state index contributed by atoms with van der Waals surface area (Å²) in [7, 11) is 0. The van der Waals surface area contributed by atoms with Gasteiger partial charge in [-0.05, 0) is 31.2 Å². The second-order valence-electron chi connectivity index (χ2n) is 6.61. The summed E-state index contributed by atoms with van der Waals surface area (Å²) in [6.07, 6.45) is -0.956. The minimum Gasteiger partial charge on any atom is -0.483 e. The lowest BCUT2D eigenvalue weighted by Gasteiger charge is -2.18. The number of nitrogens with one attached hydrogen (secondary N) is 1. The topological polar surface area (TPSA) is 135 Å². The Kier molecular flexibility index (Phi) is 6.34. The average molecular weight is 416 g/mol. The summed E-state index contributed by atoms with van der Waals surface area (Å²) in [6.45, 7) is 0.460. The third-order valence-corrected chi connectivity index (χ3v) is 4.59. The van der Waals surface area contributed by atoms with Crippen LogP contribution in [0.2, 0.25) is 0 Å². The van der Waals surface area contributed by atoms with E-state index in [1.54, 1.807) is 25.1 Å². The highest BCUT2D eigenvalue weighted by Gasteiger charge is 2.24. The molecule has 0 saturated heterocycles. The Balaban J connectivity index is 1.93. The van der Waals surface area contributed by atoms with Crippen molar-refractivity contribution in [3.8, 4) is 5.75 Å². The Labute approximate surface area is 171 Å². The molecule has 0 bridgehead atoms. The number of primary amides is 1. The normalized spacial score (nSPS) is 13.1. The summed E-state index contributed by atoms with van der Waals surface area (Å²) < 4.78 is 25.4. The van der Waals surface area contributed by atoms with Crippen molar-refractivity contribution in [2.45, 2.75) is 19.1 Å². The summed E-state index contributed by atoms with van der Waals surface area (Å²) in [6, 6.07) is 9.34.